The van der Waals surface area contributed by atoms with E-state index in [4.69, 9.17) is 14.5 Å². The summed E-state index contributed by atoms with van der Waals surface area (Å²) in [6, 6.07) is 4.73. The minimum Gasteiger partial charge on any atom is -0.381 e. The molecule has 2 saturated heterocycles. The molecule has 0 spiro atoms. The van der Waals surface area contributed by atoms with Gasteiger partial charge in [-0.25, -0.2) is 0 Å². The number of aliphatic imine (C=N–C) groups is 1. The first kappa shape index (κ1) is 22.9. The van der Waals surface area contributed by atoms with E-state index in [9.17, 15) is 0 Å². The van der Waals surface area contributed by atoms with Crippen molar-refractivity contribution in [1.82, 2.24) is 15.5 Å². The van der Waals surface area contributed by atoms with Crippen LogP contribution in [0.25, 0.3) is 0 Å². The first-order chi connectivity index (χ1) is 12.9. The first-order valence-corrected chi connectivity index (χ1v) is 10.7. The molecule has 0 bridgehead atoms. The van der Waals surface area contributed by atoms with Crippen LogP contribution in [0.4, 0.5) is 0 Å². The number of hydrogen-bond acceptors (Lipinski definition) is 5. The van der Waals surface area contributed by atoms with Crippen molar-refractivity contribution in [2.45, 2.75) is 25.8 Å². The third-order valence-electron chi connectivity index (χ3n) is 5.05. The highest BCUT2D eigenvalue weighted by atomic mass is 127. The highest BCUT2D eigenvalue weighted by molar-refractivity contribution is 14.0. The molecule has 2 unspecified atom stereocenters. The van der Waals surface area contributed by atoms with Gasteiger partial charge in [0.15, 0.2) is 5.96 Å². The molecule has 0 amide bonds. The SMILES string of the molecule is CCNC(=NCC(C1CCOC1)N1CCOCC1)NCCc1cccs1.I. The molecule has 0 aromatic carbocycles. The zero-order chi connectivity index (χ0) is 18.0. The maximum Gasteiger partial charge on any atom is 0.191 e. The van der Waals surface area contributed by atoms with Gasteiger partial charge in [0.25, 0.3) is 0 Å². The molecule has 2 N–H and O–H groups in total. The molecule has 1 aromatic heterocycles. The zero-order valence-electron chi connectivity index (χ0n) is 16.2. The van der Waals surface area contributed by atoms with Gasteiger partial charge in [-0.05, 0) is 31.2 Å². The summed E-state index contributed by atoms with van der Waals surface area (Å²) >= 11 is 1.81. The third-order valence-corrected chi connectivity index (χ3v) is 5.98. The second-order valence-corrected chi connectivity index (χ2v) is 7.85. The third kappa shape index (κ3) is 7.49. The number of halogens is 1. The number of rotatable bonds is 8. The standard InChI is InChI=1S/C19H32N4O2S.HI/c1-2-20-19(21-7-5-17-4-3-13-26-17)22-14-18(16-6-10-25-15-16)23-8-11-24-12-9-23;/h3-4,13,16,18H,2,5-12,14-15H2,1H3,(H2,20,21,22);1H. The van der Waals surface area contributed by atoms with Crippen LogP contribution in [-0.4, -0.2) is 76.1 Å². The van der Waals surface area contributed by atoms with Crippen LogP contribution in [0.5, 0.6) is 0 Å². The molecule has 2 fully saturated rings. The van der Waals surface area contributed by atoms with E-state index in [1.807, 2.05) is 11.3 Å². The van der Waals surface area contributed by atoms with Crippen LogP contribution in [0.1, 0.15) is 18.2 Å². The fourth-order valence-corrected chi connectivity index (χ4v) is 4.32. The molecule has 2 aliphatic rings. The lowest BCUT2D eigenvalue weighted by Gasteiger charge is -2.36. The van der Waals surface area contributed by atoms with Crippen molar-refractivity contribution in [1.29, 1.82) is 0 Å². The normalized spacial score (nSPS) is 22.3. The van der Waals surface area contributed by atoms with Gasteiger partial charge < -0.3 is 20.1 Å². The number of nitrogens with one attached hydrogen (secondary N) is 2. The van der Waals surface area contributed by atoms with E-state index in [1.54, 1.807) is 0 Å². The molecular weight excluding hydrogens is 475 g/mol. The van der Waals surface area contributed by atoms with Gasteiger partial charge in [0.1, 0.15) is 0 Å². The Morgan fingerprint density at radius 2 is 2.15 bits per heavy atom. The molecule has 2 atom stereocenters. The van der Waals surface area contributed by atoms with E-state index in [0.717, 1.165) is 78.0 Å². The molecule has 3 rings (SSSR count). The highest BCUT2D eigenvalue weighted by Crippen LogP contribution is 2.22. The Labute approximate surface area is 184 Å². The largest absolute Gasteiger partial charge is 0.381 e. The van der Waals surface area contributed by atoms with Gasteiger partial charge in [-0.15, -0.1) is 35.3 Å². The van der Waals surface area contributed by atoms with E-state index in [0.29, 0.717) is 12.0 Å². The van der Waals surface area contributed by atoms with Crippen LogP contribution in [0.15, 0.2) is 22.5 Å². The average molecular weight is 508 g/mol. The molecule has 0 saturated carbocycles. The summed E-state index contributed by atoms with van der Waals surface area (Å²) in [5.74, 6) is 1.49. The minimum absolute atomic E-state index is 0. The molecule has 3 heterocycles. The van der Waals surface area contributed by atoms with Gasteiger partial charge >= 0.3 is 0 Å². The number of morpholine rings is 1. The summed E-state index contributed by atoms with van der Waals surface area (Å²) in [5.41, 5.74) is 0. The van der Waals surface area contributed by atoms with Gasteiger partial charge in [-0.2, -0.15) is 0 Å². The van der Waals surface area contributed by atoms with Crippen LogP contribution in [0.2, 0.25) is 0 Å². The van der Waals surface area contributed by atoms with E-state index < -0.39 is 0 Å². The predicted octanol–water partition coefficient (Wildman–Crippen LogP) is 2.20. The Morgan fingerprint density at radius 3 is 2.81 bits per heavy atom. The highest BCUT2D eigenvalue weighted by Gasteiger charge is 2.31. The molecule has 8 heteroatoms. The zero-order valence-corrected chi connectivity index (χ0v) is 19.3. The summed E-state index contributed by atoms with van der Waals surface area (Å²) in [7, 11) is 0. The number of guanidine groups is 1. The molecule has 1 aromatic rings. The fourth-order valence-electron chi connectivity index (χ4n) is 3.61. The van der Waals surface area contributed by atoms with Crippen molar-refractivity contribution in [3.05, 3.63) is 22.4 Å². The van der Waals surface area contributed by atoms with E-state index >= 15 is 0 Å². The van der Waals surface area contributed by atoms with Crippen molar-refractivity contribution in [2.24, 2.45) is 10.9 Å². The Morgan fingerprint density at radius 1 is 1.30 bits per heavy atom. The van der Waals surface area contributed by atoms with E-state index in [1.165, 1.54) is 4.88 Å². The molecular formula is C19H33IN4O2S. The summed E-state index contributed by atoms with van der Waals surface area (Å²) in [4.78, 5) is 8.86. The van der Waals surface area contributed by atoms with Crippen LogP contribution in [0.3, 0.4) is 0 Å². The first-order valence-electron chi connectivity index (χ1n) is 9.81. The monoisotopic (exact) mass is 508 g/mol. The van der Waals surface area contributed by atoms with Crippen molar-refractivity contribution >= 4 is 41.3 Å². The lowest BCUT2D eigenvalue weighted by Crippen LogP contribution is -2.49. The van der Waals surface area contributed by atoms with E-state index in [2.05, 4.69) is 40.0 Å². The Kier molecular flexibility index (Phi) is 10.9. The van der Waals surface area contributed by atoms with Crippen molar-refractivity contribution in [3.63, 3.8) is 0 Å². The van der Waals surface area contributed by atoms with Gasteiger partial charge in [0.05, 0.1) is 26.4 Å². The smallest absolute Gasteiger partial charge is 0.191 e. The topological polar surface area (TPSA) is 58.1 Å². The van der Waals surface area contributed by atoms with E-state index in [-0.39, 0.29) is 24.0 Å². The van der Waals surface area contributed by atoms with Gasteiger partial charge in [0.2, 0.25) is 0 Å². The van der Waals surface area contributed by atoms with Crippen LogP contribution in [-0.2, 0) is 15.9 Å². The molecule has 6 nitrogen and oxygen atoms in total. The maximum absolute atomic E-state index is 5.65. The maximum atomic E-state index is 5.65. The molecule has 0 radical (unpaired) electrons. The van der Waals surface area contributed by atoms with Crippen molar-refractivity contribution in [2.75, 3.05) is 59.2 Å². The molecule has 2 aliphatic heterocycles. The number of ether oxygens (including phenoxy) is 2. The van der Waals surface area contributed by atoms with Gasteiger partial charge in [-0.3, -0.25) is 9.89 Å². The summed E-state index contributed by atoms with van der Waals surface area (Å²) in [6.45, 7) is 10.1. The fraction of sp³-hybridized carbons (Fsp3) is 0.737. The molecule has 154 valence electrons. The lowest BCUT2D eigenvalue weighted by atomic mass is 9.97. The Bertz CT molecular complexity index is 532. The minimum atomic E-state index is 0. The number of nitrogens with zero attached hydrogens (tertiary/aromatic N) is 2. The lowest BCUT2D eigenvalue weighted by molar-refractivity contribution is 0.00368. The van der Waals surface area contributed by atoms with Crippen LogP contribution < -0.4 is 10.6 Å². The quantitative estimate of drug-likeness (QED) is 0.321. The van der Waals surface area contributed by atoms with Crippen LogP contribution in [0, 0.1) is 5.92 Å². The summed E-state index contributed by atoms with van der Waals surface area (Å²) in [5, 5.41) is 8.99. The Hall–Kier alpha value is -0.420. The second kappa shape index (κ2) is 12.9. The number of thiophene rings is 1. The van der Waals surface area contributed by atoms with Gasteiger partial charge in [-0.1, -0.05) is 6.07 Å². The summed E-state index contributed by atoms with van der Waals surface area (Å²) < 4.78 is 11.2. The van der Waals surface area contributed by atoms with Crippen molar-refractivity contribution < 1.29 is 9.47 Å². The second-order valence-electron chi connectivity index (χ2n) is 6.82. The number of hydrogen-bond donors (Lipinski definition) is 2. The Balaban J connectivity index is 0.00000261. The van der Waals surface area contributed by atoms with Crippen molar-refractivity contribution in [3.8, 4) is 0 Å². The molecule has 0 aliphatic carbocycles. The summed E-state index contributed by atoms with van der Waals surface area (Å²) in [6.07, 6.45) is 2.17. The van der Waals surface area contributed by atoms with Crippen LogP contribution >= 0.6 is 35.3 Å². The predicted molar refractivity (Wildman–Crippen MR) is 123 cm³/mol. The van der Waals surface area contributed by atoms with Gasteiger partial charge in [0, 0.05) is 49.6 Å². The average Bonchev–Trinajstić information content (AvgIpc) is 3.37. The molecule has 27 heavy (non-hydrogen) atoms.